The van der Waals surface area contributed by atoms with Gasteiger partial charge in [0.25, 0.3) is 5.56 Å². The summed E-state index contributed by atoms with van der Waals surface area (Å²) in [4.78, 5) is 30.0. The van der Waals surface area contributed by atoms with Crippen LogP contribution in [-0.2, 0) is 23.9 Å². The van der Waals surface area contributed by atoms with E-state index in [2.05, 4.69) is 9.97 Å². The number of aromatic nitrogens is 4. The molecule has 20 heavy (non-hydrogen) atoms. The van der Waals surface area contributed by atoms with E-state index < -0.39 is 21.1 Å². The van der Waals surface area contributed by atoms with Crippen LogP contribution >= 0.6 is 11.6 Å². The number of halogens is 1. The Bertz CT molecular complexity index is 877. The molecule has 0 aliphatic heterocycles. The predicted molar refractivity (Wildman–Crippen MR) is 74.0 cm³/mol. The number of aryl methyl sites for hydroxylation is 1. The summed E-state index contributed by atoms with van der Waals surface area (Å²) in [6.07, 6.45) is 0.276. The fraction of sp³-hybridized carbons (Fsp3) is 0.500. The minimum absolute atomic E-state index is 0.0148. The van der Waals surface area contributed by atoms with Crippen LogP contribution in [-0.4, -0.2) is 39.2 Å². The summed E-state index contributed by atoms with van der Waals surface area (Å²) < 4.78 is 26.0. The topological polar surface area (TPSA) is 107 Å². The highest BCUT2D eigenvalue weighted by atomic mass is 35.5. The SMILES string of the molecule is Cn1c(=O)c2[nH]c(S(=O)(=O)CCCCl)nc2n(C)c1=O. The number of rotatable bonds is 4. The zero-order valence-corrected chi connectivity index (χ0v) is 12.5. The average molecular weight is 321 g/mol. The van der Waals surface area contributed by atoms with Crippen LogP contribution in [0.15, 0.2) is 14.7 Å². The van der Waals surface area contributed by atoms with E-state index in [-0.39, 0.29) is 34.4 Å². The summed E-state index contributed by atoms with van der Waals surface area (Å²) in [5.41, 5.74) is -1.19. The number of aromatic amines is 1. The highest BCUT2D eigenvalue weighted by Gasteiger charge is 2.22. The third-order valence-corrected chi connectivity index (χ3v) is 4.79. The lowest BCUT2D eigenvalue weighted by atomic mass is 10.5. The van der Waals surface area contributed by atoms with Crippen LogP contribution in [0.25, 0.3) is 11.2 Å². The number of sulfone groups is 1. The van der Waals surface area contributed by atoms with E-state index in [9.17, 15) is 18.0 Å². The number of nitrogens with zero attached hydrogens (tertiary/aromatic N) is 3. The maximum atomic E-state index is 12.0. The van der Waals surface area contributed by atoms with Gasteiger partial charge < -0.3 is 4.98 Å². The molecule has 0 fully saturated rings. The zero-order chi connectivity index (χ0) is 15.1. The molecular formula is C10H13ClN4O4S. The van der Waals surface area contributed by atoms with E-state index in [0.717, 1.165) is 9.13 Å². The lowest BCUT2D eigenvalue weighted by Crippen LogP contribution is -2.36. The summed E-state index contributed by atoms with van der Waals surface area (Å²) in [6.45, 7) is 0. The van der Waals surface area contributed by atoms with Crippen molar-refractivity contribution in [1.29, 1.82) is 0 Å². The van der Waals surface area contributed by atoms with Gasteiger partial charge in [0.1, 0.15) is 0 Å². The molecule has 0 unspecified atom stereocenters. The van der Waals surface area contributed by atoms with Crippen LogP contribution in [0.3, 0.4) is 0 Å². The second-order valence-electron chi connectivity index (χ2n) is 4.31. The van der Waals surface area contributed by atoms with Crippen molar-refractivity contribution in [3.63, 3.8) is 0 Å². The van der Waals surface area contributed by atoms with Crippen LogP contribution < -0.4 is 11.2 Å². The summed E-state index contributed by atoms with van der Waals surface area (Å²) in [5, 5.41) is -0.323. The maximum absolute atomic E-state index is 12.0. The zero-order valence-electron chi connectivity index (χ0n) is 10.9. The Hall–Kier alpha value is -1.61. The van der Waals surface area contributed by atoms with Crippen LogP contribution in [0, 0.1) is 0 Å². The second kappa shape index (κ2) is 5.06. The molecule has 2 heterocycles. The third kappa shape index (κ3) is 2.27. The predicted octanol–water partition coefficient (Wildman–Crippen LogP) is -0.637. The number of H-pyrrole nitrogens is 1. The number of hydrogen-bond donors (Lipinski definition) is 1. The van der Waals surface area contributed by atoms with Crippen LogP contribution in [0.5, 0.6) is 0 Å². The molecule has 0 amide bonds. The minimum Gasteiger partial charge on any atom is -0.323 e. The van der Waals surface area contributed by atoms with E-state index in [1.54, 1.807) is 0 Å². The van der Waals surface area contributed by atoms with E-state index in [1.165, 1.54) is 14.1 Å². The Morgan fingerprint density at radius 2 is 1.90 bits per heavy atom. The van der Waals surface area contributed by atoms with Gasteiger partial charge in [0.15, 0.2) is 11.2 Å². The molecule has 0 aliphatic rings. The molecule has 0 aromatic carbocycles. The second-order valence-corrected chi connectivity index (χ2v) is 6.71. The smallest absolute Gasteiger partial charge is 0.323 e. The average Bonchev–Trinajstić information content (AvgIpc) is 2.86. The Morgan fingerprint density at radius 3 is 2.50 bits per heavy atom. The van der Waals surface area contributed by atoms with Crippen molar-refractivity contribution in [2.45, 2.75) is 11.6 Å². The number of alkyl halides is 1. The first-order chi connectivity index (χ1) is 9.29. The fourth-order valence-electron chi connectivity index (χ4n) is 1.79. The van der Waals surface area contributed by atoms with E-state index >= 15 is 0 Å². The summed E-state index contributed by atoms with van der Waals surface area (Å²) >= 11 is 5.47. The van der Waals surface area contributed by atoms with Gasteiger partial charge in [-0.05, 0) is 6.42 Å². The quantitative estimate of drug-likeness (QED) is 0.754. The molecule has 1 N–H and O–H groups in total. The van der Waals surface area contributed by atoms with Gasteiger partial charge in [0.05, 0.1) is 5.75 Å². The van der Waals surface area contributed by atoms with Crippen molar-refractivity contribution in [2.75, 3.05) is 11.6 Å². The monoisotopic (exact) mass is 320 g/mol. The third-order valence-electron chi connectivity index (χ3n) is 2.91. The number of hydrogen-bond acceptors (Lipinski definition) is 5. The van der Waals surface area contributed by atoms with E-state index in [1.807, 2.05) is 0 Å². The van der Waals surface area contributed by atoms with Crippen molar-refractivity contribution in [3.8, 4) is 0 Å². The van der Waals surface area contributed by atoms with E-state index in [4.69, 9.17) is 11.6 Å². The van der Waals surface area contributed by atoms with Gasteiger partial charge in [-0.25, -0.2) is 13.2 Å². The van der Waals surface area contributed by atoms with Crippen LogP contribution in [0.1, 0.15) is 6.42 Å². The van der Waals surface area contributed by atoms with Gasteiger partial charge in [-0.15, -0.1) is 11.6 Å². The van der Waals surface area contributed by atoms with Gasteiger partial charge in [-0.3, -0.25) is 13.9 Å². The van der Waals surface area contributed by atoms with Crippen molar-refractivity contribution in [3.05, 3.63) is 20.8 Å². The van der Waals surface area contributed by atoms with Crippen molar-refractivity contribution >= 4 is 32.6 Å². The van der Waals surface area contributed by atoms with Gasteiger partial charge in [0, 0.05) is 20.0 Å². The normalized spacial score (nSPS) is 12.2. The summed E-state index contributed by atoms with van der Waals surface area (Å²) in [7, 11) is -0.929. The molecule has 2 rings (SSSR count). The lowest BCUT2D eigenvalue weighted by molar-refractivity contribution is 0.588. The highest BCUT2D eigenvalue weighted by Crippen LogP contribution is 2.12. The Morgan fingerprint density at radius 1 is 1.25 bits per heavy atom. The van der Waals surface area contributed by atoms with Gasteiger partial charge >= 0.3 is 5.69 Å². The maximum Gasteiger partial charge on any atom is 0.332 e. The molecule has 0 bridgehead atoms. The Labute approximate surface area is 118 Å². The molecule has 0 saturated carbocycles. The van der Waals surface area contributed by atoms with Crippen LogP contribution in [0.2, 0.25) is 0 Å². The molecule has 110 valence electrons. The van der Waals surface area contributed by atoms with Gasteiger partial charge in [0.2, 0.25) is 15.0 Å². The molecule has 0 atom stereocenters. The van der Waals surface area contributed by atoms with E-state index in [0.29, 0.717) is 0 Å². The molecule has 2 aromatic heterocycles. The highest BCUT2D eigenvalue weighted by molar-refractivity contribution is 7.91. The Balaban J connectivity index is 2.73. The largest absolute Gasteiger partial charge is 0.332 e. The number of imidazole rings is 1. The lowest BCUT2D eigenvalue weighted by Gasteiger charge is -2.00. The van der Waals surface area contributed by atoms with Crippen molar-refractivity contribution in [1.82, 2.24) is 19.1 Å². The standard InChI is InChI=1S/C10H13ClN4O4S/c1-14-7-6(8(16)15(2)10(14)17)12-9(13-7)20(18,19)5-3-4-11/h3-5H2,1-2H3,(H,12,13). The number of fused-ring (bicyclic) bond motifs is 1. The minimum atomic E-state index is -3.66. The fourth-order valence-corrected chi connectivity index (χ4v) is 3.29. The first kappa shape index (κ1) is 14.8. The van der Waals surface area contributed by atoms with Gasteiger partial charge in [-0.2, -0.15) is 4.98 Å². The molecule has 0 radical (unpaired) electrons. The van der Waals surface area contributed by atoms with Crippen LogP contribution in [0.4, 0.5) is 0 Å². The Kier molecular flexibility index (Phi) is 3.74. The molecule has 10 heteroatoms. The molecule has 0 saturated heterocycles. The first-order valence-electron chi connectivity index (χ1n) is 5.74. The van der Waals surface area contributed by atoms with Gasteiger partial charge in [-0.1, -0.05) is 0 Å². The van der Waals surface area contributed by atoms with Crippen molar-refractivity contribution in [2.24, 2.45) is 14.1 Å². The molecular weight excluding hydrogens is 308 g/mol. The number of nitrogens with one attached hydrogen (secondary N) is 1. The molecule has 8 nitrogen and oxygen atoms in total. The molecule has 0 aliphatic carbocycles. The molecule has 0 spiro atoms. The first-order valence-corrected chi connectivity index (χ1v) is 7.92. The summed E-state index contributed by atoms with van der Waals surface area (Å²) in [5.74, 6) is 0.0320. The summed E-state index contributed by atoms with van der Waals surface area (Å²) in [6, 6.07) is 0. The molecule has 2 aromatic rings. The van der Waals surface area contributed by atoms with Crippen molar-refractivity contribution < 1.29 is 8.42 Å².